The Balaban J connectivity index is 3.58. The van der Waals surface area contributed by atoms with Crippen LogP contribution in [0.4, 0.5) is 0 Å². The van der Waals surface area contributed by atoms with Gasteiger partial charge in [0.2, 0.25) is 0 Å². The monoisotopic (exact) mass is 266 g/mol. The van der Waals surface area contributed by atoms with E-state index in [2.05, 4.69) is 20.4 Å². The lowest BCUT2D eigenvalue weighted by molar-refractivity contribution is -0.121. The Hall–Kier alpha value is -0.590. The van der Waals surface area contributed by atoms with Crippen LogP contribution in [0.1, 0.15) is 90.9 Å². The maximum Gasteiger partial charge on any atom is 0.139 e. The number of ketones is 1. The van der Waals surface area contributed by atoms with E-state index in [1.165, 1.54) is 57.8 Å². The van der Waals surface area contributed by atoms with Gasteiger partial charge >= 0.3 is 0 Å². The van der Waals surface area contributed by atoms with E-state index in [4.69, 9.17) is 0 Å². The van der Waals surface area contributed by atoms with E-state index in [0.29, 0.717) is 5.78 Å². The van der Waals surface area contributed by atoms with Crippen molar-refractivity contribution in [1.82, 2.24) is 0 Å². The Bertz CT molecular complexity index is 220. The SMILES string of the molecule is C=CC(CCCCCCCCC)C(=O)CCCCC. The van der Waals surface area contributed by atoms with Gasteiger partial charge in [-0.1, -0.05) is 77.7 Å². The third-order valence-electron chi connectivity index (χ3n) is 3.84. The average molecular weight is 266 g/mol. The van der Waals surface area contributed by atoms with Gasteiger partial charge in [0.05, 0.1) is 0 Å². The lowest BCUT2D eigenvalue weighted by atomic mass is 9.93. The molecule has 0 saturated carbocycles. The fraction of sp³-hybridized carbons (Fsp3) is 0.833. The van der Waals surface area contributed by atoms with Gasteiger partial charge in [0.1, 0.15) is 5.78 Å². The molecule has 1 atom stereocenters. The predicted molar refractivity (Wildman–Crippen MR) is 85.4 cm³/mol. The molecule has 19 heavy (non-hydrogen) atoms. The molecule has 1 heteroatoms. The first kappa shape index (κ1) is 18.4. The van der Waals surface area contributed by atoms with Crippen molar-refractivity contribution < 1.29 is 4.79 Å². The fourth-order valence-corrected chi connectivity index (χ4v) is 2.47. The highest BCUT2D eigenvalue weighted by molar-refractivity contribution is 5.82. The summed E-state index contributed by atoms with van der Waals surface area (Å²) in [5, 5.41) is 0. The van der Waals surface area contributed by atoms with Gasteiger partial charge in [-0.25, -0.2) is 0 Å². The second-order valence-electron chi connectivity index (χ2n) is 5.68. The largest absolute Gasteiger partial charge is 0.299 e. The standard InChI is InChI=1S/C18H34O/c1-4-7-9-10-11-12-14-15-17(6-3)18(19)16-13-8-5-2/h6,17H,3-5,7-16H2,1-2H3. The third-order valence-corrected chi connectivity index (χ3v) is 3.84. The molecule has 112 valence electrons. The molecule has 0 aliphatic rings. The first-order valence-electron chi connectivity index (χ1n) is 8.41. The van der Waals surface area contributed by atoms with Crippen molar-refractivity contribution >= 4 is 5.78 Å². The Kier molecular flexibility index (Phi) is 13.4. The highest BCUT2D eigenvalue weighted by Crippen LogP contribution is 2.17. The van der Waals surface area contributed by atoms with Crippen LogP contribution in [0.2, 0.25) is 0 Å². The minimum Gasteiger partial charge on any atom is -0.299 e. The van der Waals surface area contributed by atoms with Crippen molar-refractivity contribution in [2.75, 3.05) is 0 Å². The lowest BCUT2D eigenvalue weighted by Gasteiger charge is -2.11. The number of hydrogen-bond donors (Lipinski definition) is 0. The molecule has 0 aliphatic carbocycles. The van der Waals surface area contributed by atoms with Crippen LogP contribution < -0.4 is 0 Å². The fourth-order valence-electron chi connectivity index (χ4n) is 2.47. The van der Waals surface area contributed by atoms with E-state index in [1.54, 1.807) is 0 Å². The van der Waals surface area contributed by atoms with E-state index >= 15 is 0 Å². The molecular formula is C18H34O. The van der Waals surface area contributed by atoms with Crippen LogP contribution in [0.25, 0.3) is 0 Å². The zero-order valence-electron chi connectivity index (χ0n) is 13.3. The molecule has 0 aromatic rings. The normalized spacial score (nSPS) is 12.3. The molecular weight excluding hydrogens is 232 g/mol. The summed E-state index contributed by atoms with van der Waals surface area (Å²) in [5.41, 5.74) is 0. The highest BCUT2D eigenvalue weighted by Gasteiger charge is 2.13. The molecule has 0 saturated heterocycles. The van der Waals surface area contributed by atoms with Gasteiger partial charge in [-0.3, -0.25) is 4.79 Å². The maximum absolute atomic E-state index is 12.0. The van der Waals surface area contributed by atoms with Crippen LogP contribution in [-0.4, -0.2) is 5.78 Å². The number of hydrogen-bond acceptors (Lipinski definition) is 1. The van der Waals surface area contributed by atoms with Crippen molar-refractivity contribution in [3.63, 3.8) is 0 Å². The second kappa shape index (κ2) is 13.8. The summed E-state index contributed by atoms with van der Waals surface area (Å²) in [6.07, 6.45) is 16.2. The molecule has 0 fully saturated rings. The van der Waals surface area contributed by atoms with Crippen LogP contribution >= 0.6 is 0 Å². The van der Waals surface area contributed by atoms with E-state index in [-0.39, 0.29) is 5.92 Å². The first-order chi connectivity index (χ1) is 9.26. The summed E-state index contributed by atoms with van der Waals surface area (Å²) in [7, 11) is 0. The van der Waals surface area contributed by atoms with E-state index in [0.717, 1.165) is 19.3 Å². The minimum absolute atomic E-state index is 0.118. The van der Waals surface area contributed by atoms with Gasteiger partial charge < -0.3 is 0 Å². The van der Waals surface area contributed by atoms with Crippen LogP contribution in [-0.2, 0) is 4.79 Å². The lowest BCUT2D eigenvalue weighted by Crippen LogP contribution is -2.11. The van der Waals surface area contributed by atoms with Gasteiger partial charge in [-0.05, 0) is 12.8 Å². The molecule has 1 unspecified atom stereocenters. The smallest absolute Gasteiger partial charge is 0.139 e. The van der Waals surface area contributed by atoms with Crippen LogP contribution in [0.5, 0.6) is 0 Å². The van der Waals surface area contributed by atoms with Crippen molar-refractivity contribution in [2.24, 2.45) is 5.92 Å². The molecule has 0 spiro atoms. The number of Topliss-reactive ketones (excluding diaryl/α,β-unsaturated/α-hetero) is 1. The summed E-state index contributed by atoms with van der Waals surface area (Å²) in [4.78, 5) is 12.0. The zero-order valence-corrected chi connectivity index (χ0v) is 13.3. The number of unbranched alkanes of at least 4 members (excludes halogenated alkanes) is 8. The Morgan fingerprint density at radius 3 is 2.00 bits per heavy atom. The molecule has 1 nitrogen and oxygen atoms in total. The molecule has 0 aromatic carbocycles. The maximum atomic E-state index is 12.0. The van der Waals surface area contributed by atoms with Crippen molar-refractivity contribution in [3.8, 4) is 0 Å². The minimum atomic E-state index is 0.118. The molecule has 0 aliphatic heterocycles. The summed E-state index contributed by atoms with van der Waals surface area (Å²) < 4.78 is 0. The molecule has 0 rings (SSSR count). The Labute approximate surface area is 120 Å². The molecule has 0 heterocycles. The predicted octanol–water partition coefficient (Wildman–Crippen LogP) is 6.08. The molecule has 0 bridgehead atoms. The summed E-state index contributed by atoms with van der Waals surface area (Å²) in [6, 6.07) is 0. The summed E-state index contributed by atoms with van der Waals surface area (Å²) in [5.74, 6) is 0.530. The van der Waals surface area contributed by atoms with E-state index in [9.17, 15) is 4.79 Å². The van der Waals surface area contributed by atoms with Crippen molar-refractivity contribution in [2.45, 2.75) is 90.9 Å². The number of allylic oxidation sites excluding steroid dienone is 1. The van der Waals surface area contributed by atoms with Gasteiger partial charge in [0, 0.05) is 12.3 Å². The number of carbonyl (C=O) groups excluding carboxylic acids is 1. The molecule has 0 radical (unpaired) electrons. The van der Waals surface area contributed by atoms with Crippen molar-refractivity contribution in [3.05, 3.63) is 12.7 Å². The van der Waals surface area contributed by atoms with Gasteiger partial charge in [-0.2, -0.15) is 0 Å². The summed E-state index contributed by atoms with van der Waals surface area (Å²) in [6.45, 7) is 8.25. The second-order valence-corrected chi connectivity index (χ2v) is 5.68. The van der Waals surface area contributed by atoms with Gasteiger partial charge in [0.15, 0.2) is 0 Å². The van der Waals surface area contributed by atoms with Crippen LogP contribution in [0, 0.1) is 5.92 Å². The molecule has 0 aromatic heterocycles. The van der Waals surface area contributed by atoms with E-state index < -0.39 is 0 Å². The average Bonchev–Trinajstić information content (AvgIpc) is 2.42. The topological polar surface area (TPSA) is 17.1 Å². The zero-order chi connectivity index (χ0) is 14.3. The highest BCUT2D eigenvalue weighted by atomic mass is 16.1. The first-order valence-corrected chi connectivity index (χ1v) is 8.41. The Morgan fingerprint density at radius 1 is 0.895 bits per heavy atom. The third kappa shape index (κ3) is 11.0. The Morgan fingerprint density at radius 2 is 1.42 bits per heavy atom. The quantitative estimate of drug-likeness (QED) is 0.275. The summed E-state index contributed by atoms with van der Waals surface area (Å²) >= 11 is 0. The van der Waals surface area contributed by atoms with Crippen molar-refractivity contribution in [1.29, 1.82) is 0 Å². The number of rotatable bonds is 14. The van der Waals surface area contributed by atoms with Gasteiger partial charge in [-0.15, -0.1) is 6.58 Å². The molecule has 0 amide bonds. The van der Waals surface area contributed by atoms with E-state index in [1.807, 2.05) is 6.08 Å². The van der Waals surface area contributed by atoms with Crippen LogP contribution in [0.3, 0.4) is 0 Å². The molecule has 0 N–H and O–H groups in total. The van der Waals surface area contributed by atoms with Gasteiger partial charge in [0.25, 0.3) is 0 Å². The van der Waals surface area contributed by atoms with Crippen LogP contribution in [0.15, 0.2) is 12.7 Å². The number of carbonyl (C=O) groups is 1.